The summed E-state index contributed by atoms with van der Waals surface area (Å²) in [4.78, 5) is 35.5. The lowest BCUT2D eigenvalue weighted by Crippen LogP contribution is -2.15. The highest BCUT2D eigenvalue weighted by molar-refractivity contribution is 6.09. The fraction of sp³-hybridized carbons (Fsp3) is 0.318. The predicted molar refractivity (Wildman–Crippen MR) is 102 cm³/mol. The van der Waals surface area contributed by atoms with Crippen molar-refractivity contribution in [3.05, 3.63) is 71.3 Å². The summed E-state index contributed by atoms with van der Waals surface area (Å²) >= 11 is 0. The van der Waals surface area contributed by atoms with E-state index in [1.54, 1.807) is 37.3 Å². The summed E-state index contributed by atoms with van der Waals surface area (Å²) in [6, 6.07) is 16.1. The molecule has 0 saturated heterocycles. The Morgan fingerprint density at radius 1 is 0.852 bits per heavy atom. The first-order chi connectivity index (χ1) is 13.0. The highest BCUT2D eigenvalue weighted by Gasteiger charge is 2.18. The van der Waals surface area contributed by atoms with Crippen molar-refractivity contribution in [3.8, 4) is 0 Å². The van der Waals surface area contributed by atoms with Gasteiger partial charge in [-0.05, 0) is 31.4 Å². The molecule has 0 spiro atoms. The number of carbonyl (C=O) groups is 3. The van der Waals surface area contributed by atoms with Gasteiger partial charge in [0.1, 0.15) is 0 Å². The second-order valence-corrected chi connectivity index (χ2v) is 6.26. The summed E-state index contributed by atoms with van der Waals surface area (Å²) in [5, 5.41) is 0. The lowest BCUT2D eigenvalue weighted by molar-refractivity contribution is -0.146. The Labute approximate surface area is 159 Å². The van der Waals surface area contributed by atoms with Crippen LogP contribution in [0.1, 0.15) is 54.1 Å². The van der Waals surface area contributed by atoms with Crippen molar-refractivity contribution in [1.29, 1.82) is 0 Å². The van der Waals surface area contributed by atoms with E-state index in [0.29, 0.717) is 30.6 Å². The fourth-order valence-corrected chi connectivity index (χ4v) is 2.56. The number of hydrogen-bond acceptors (Lipinski definition) is 5. The Morgan fingerprint density at radius 2 is 1.48 bits per heavy atom. The second kappa shape index (κ2) is 10.3. The Bertz CT molecular complexity index is 782. The van der Waals surface area contributed by atoms with E-state index in [1.165, 1.54) is 6.92 Å². The molecule has 0 radical (unpaired) electrons. The Hall–Kier alpha value is -2.95. The predicted octanol–water partition coefficient (Wildman–Crippen LogP) is 3.91. The molecule has 0 aromatic heterocycles. The van der Waals surface area contributed by atoms with Crippen LogP contribution in [-0.4, -0.2) is 30.9 Å². The monoisotopic (exact) mass is 368 g/mol. The third-order valence-corrected chi connectivity index (χ3v) is 4.13. The van der Waals surface area contributed by atoms with Crippen LogP contribution in [0.3, 0.4) is 0 Å². The van der Waals surface area contributed by atoms with E-state index >= 15 is 0 Å². The van der Waals surface area contributed by atoms with Gasteiger partial charge in [0.05, 0.1) is 19.1 Å². The molecule has 1 unspecified atom stereocenters. The van der Waals surface area contributed by atoms with Crippen molar-refractivity contribution in [2.45, 2.75) is 32.6 Å². The standard InChI is InChI=1S/C22H24O5/c1-16(22(25)27-14-7-6-13-26-17(2)23)19-11-8-12-20(15-19)21(24)18-9-4-3-5-10-18/h3-5,8-12,15-16H,6-7,13-14H2,1-2H3. The second-order valence-electron chi connectivity index (χ2n) is 6.26. The van der Waals surface area contributed by atoms with Crippen LogP contribution in [0, 0.1) is 0 Å². The van der Waals surface area contributed by atoms with Crippen molar-refractivity contribution in [1.82, 2.24) is 0 Å². The largest absolute Gasteiger partial charge is 0.466 e. The van der Waals surface area contributed by atoms with Gasteiger partial charge in [0.2, 0.25) is 0 Å². The maximum atomic E-state index is 12.6. The van der Waals surface area contributed by atoms with Gasteiger partial charge in [-0.25, -0.2) is 0 Å². The lowest BCUT2D eigenvalue weighted by atomic mass is 9.96. The molecule has 142 valence electrons. The zero-order valence-electron chi connectivity index (χ0n) is 15.6. The minimum Gasteiger partial charge on any atom is -0.466 e. The number of unbranched alkanes of at least 4 members (excludes halogenated alkanes) is 1. The van der Waals surface area contributed by atoms with Crippen molar-refractivity contribution in [3.63, 3.8) is 0 Å². The molecule has 0 aliphatic heterocycles. The van der Waals surface area contributed by atoms with Crippen LogP contribution in [-0.2, 0) is 19.1 Å². The number of ether oxygens (including phenoxy) is 2. The van der Waals surface area contributed by atoms with Gasteiger partial charge in [-0.1, -0.05) is 48.5 Å². The van der Waals surface area contributed by atoms with Crippen molar-refractivity contribution in [2.75, 3.05) is 13.2 Å². The molecular formula is C22H24O5. The van der Waals surface area contributed by atoms with Crippen LogP contribution in [0.5, 0.6) is 0 Å². The van der Waals surface area contributed by atoms with E-state index in [-0.39, 0.29) is 24.3 Å². The first-order valence-corrected chi connectivity index (χ1v) is 8.98. The number of hydrogen-bond donors (Lipinski definition) is 0. The molecule has 0 amide bonds. The number of carbonyl (C=O) groups excluding carboxylic acids is 3. The summed E-state index contributed by atoms with van der Waals surface area (Å²) in [7, 11) is 0. The molecule has 1 atom stereocenters. The molecule has 0 N–H and O–H groups in total. The van der Waals surface area contributed by atoms with E-state index in [9.17, 15) is 14.4 Å². The Balaban J connectivity index is 1.90. The first kappa shape index (κ1) is 20.4. The van der Waals surface area contributed by atoms with Crippen LogP contribution in [0.2, 0.25) is 0 Å². The molecule has 2 rings (SSSR count). The molecule has 2 aromatic rings. The molecule has 5 nitrogen and oxygen atoms in total. The summed E-state index contributed by atoms with van der Waals surface area (Å²) in [6.07, 6.45) is 1.26. The highest BCUT2D eigenvalue weighted by atomic mass is 16.5. The molecule has 27 heavy (non-hydrogen) atoms. The molecule has 0 bridgehead atoms. The fourth-order valence-electron chi connectivity index (χ4n) is 2.56. The van der Waals surface area contributed by atoms with Crippen LogP contribution in [0.15, 0.2) is 54.6 Å². The van der Waals surface area contributed by atoms with E-state index < -0.39 is 5.92 Å². The highest BCUT2D eigenvalue weighted by Crippen LogP contribution is 2.20. The summed E-state index contributed by atoms with van der Waals surface area (Å²) in [5.41, 5.74) is 1.89. The molecule has 0 aliphatic carbocycles. The maximum Gasteiger partial charge on any atom is 0.313 e. The van der Waals surface area contributed by atoms with Gasteiger partial charge in [-0.3, -0.25) is 14.4 Å². The van der Waals surface area contributed by atoms with E-state index in [1.807, 2.05) is 24.3 Å². The first-order valence-electron chi connectivity index (χ1n) is 8.98. The molecule has 0 heterocycles. The SMILES string of the molecule is CC(=O)OCCCCOC(=O)C(C)c1cccc(C(=O)c2ccccc2)c1. The van der Waals surface area contributed by atoms with Crippen LogP contribution in [0.4, 0.5) is 0 Å². The zero-order valence-corrected chi connectivity index (χ0v) is 15.6. The topological polar surface area (TPSA) is 69.7 Å². The van der Waals surface area contributed by atoms with Gasteiger partial charge in [0.25, 0.3) is 0 Å². The minimum absolute atomic E-state index is 0.0801. The van der Waals surface area contributed by atoms with E-state index in [4.69, 9.17) is 9.47 Å². The normalized spacial score (nSPS) is 11.5. The Kier molecular flexibility index (Phi) is 7.74. The van der Waals surface area contributed by atoms with Crippen molar-refractivity contribution < 1.29 is 23.9 Å². The molecular weight excluding hydrogens is 344 g/mol. The van der Waals surface area contributed by atoms with Gasteiger partial charge >= 0.3 is 11.9 Å². The number of esters is 2. The average molecular weight is 368 g/mol. The molecule has 0 saturated carbocycles. The molecule has 2 aromatic carbocycles. The molecule has 5 heteroatoms. The number of benzene rings is 2. The third kappa shape index (κ3) is 6.37. The zero-order chi connectivity index (χ0) is 19.6. The summed E-state index contributed by atoms with van der Waals surface area (Å²) in [6.45, 7) is 3.71. The summed E-state index contributed by atoms with van der Waals surface area (Å²) in [5.74, 6) is -1.21. The smallest absolute Gasteiger partial charge is 0.313 e. The van der Waals surface area contributed by atoms with Crippen LogP contribution >= 0.6 is 0 Å². The van der Waals surface area contributed by atoms with E-state index in [0.717, 1.165) is 5.56 Å². The van der Waals surface area contributed by atoms with Gasteiger partial charge < -0.3 is 9.47 Å². The van der Waals surface area contributed by atoms with Gasteiger partial charge in [-0.15, -0.1) is 0 Å². The average Bonchev–Trinajstić information content (AvgIpc) is 2.69. The van der Waals surface area contributed by atoms with Gasteiger partial charge in [0.15, 0.2) is 5.78 Å². The maximum absolute atomic E-state index is 12.6. The Morgan fingerprint density at radius 3 is 2.15 bits per heavy atom. The van der Waals surface area contributed by atoms with Gasteiger partial charge in [0, 0.05) is 18.1 Å². The number of ketones is 1. The quantitative estimate of drug-likeness (QED) is 0.381. The van der Waals surface area contributed by atoms with Gasteiger partial charge in [-0.2, -0.15) is 0 Å². The summed E-state index contributed by atoms with van der Waals surface area (Å²) < 4.78 is 10.1. The van der Waals surface area contributed by atoms with Crippen LogP contribution in [0.25, 0.3) is 0 Å². The molecule has 0 aliphatic rings. The van der Waals surface area contributed by atoms with Crippen LogP contribution < -0.4 is 0 Å². The molecule has 0 fully saturated rings. The van der Waals surface area contributed by atoms with E-state index in [2.05, 4.69) is 0 Å². The van der Waals surface area contributed by atoms with Crippen molar-refractivity contribution >= 4 is 17.7 Å². The third-order valence-electron chi connectivity index (χ3n) is 4.13. The lowest BCUT2D eigenvalue weighted by Gasteiger charge is -2.13. The van der Waals surface area contributed by atoms with Crippen molar-refractivity contribution in [2.24, 2.45) is 0 Å². The number of rotatable bonds is 9. The minimum atomic E-state index is -0.470.